The summed E-state index contributed by atoms with van der Waals surface area (Å²) in [4.78, 5) is 62.3. The van der Waals surface area contributed by atoms with Crippen molar-refractivity contribution in [3.8, 4) is 34.3 Å². The summed E-state index contributed by atoms with van der Waals surface area (Å²) >= 11 is 0. The summed E-state index contributed by atoms with van der Waals surface area (Å²) in [5.74, 6) is -0.221. The lowest BCUT2D eigenvalue weighted by molar-refractivity contribution is -0.200. The van der Waals surface area contributed by atoms with Crippen LogP contribution in [0.5, 0.6) is 11.5 Å². The van der Waals surface area contributed by atoms with Crippen molar-refractivity contribution in [2.24, 2.45) is 0 Å². The van der Waals surface area contributed by atoms with E-state index in [2.05, 4.69) is 13.8 Å². The predicted octanol–water partition coefficient (Wildman–Crippen LogP) is 7.99. The molecule has 8 heterocycles. The second kappa shape index (κ2) is 15.6. The molecule has 14 heteroatoms. The Kier molecular flexibility index (Phi) is 10.6. The molecule has 344 valence electrons. The Labute approximate surface area is 382 Å². The number of aromatic nitrogens is 4. The van der Waals surface area contributed by atoms with Crippen LogP contribution >= 0.6 is 0 Å². The number of hydrogen-bond acceptors (Lipinski definition) is 12. The highest BCUT2D eigenvalue weighted by atomic mass is 16.6. The molecule has 66 heavy (non-hydrogen) atoms. The van der Waals surface area contributed by atoms with Crippen LogP contribution < -0.4 is 15.9 Å². The third kappa shape index (κ3) is 6.98. The van der Waals surface area contributed by atoms with Crippen molar-refractivity contribution in [1.29, 1.82) is 0 Å². The molecule has 10 rings (SSSR count). The molecule has 4 aliphatic heterocycles. The smallest absolute Gasteiger partial charge is 0.343 e. The number of pyridine rings is 4. The van der Waals surface area contributed by atoms with E-state index in [4.69, 9.17) is 28.9 Å². The van der Waals surface area contributed by atoms with Crippen LogP contribution in [0.4, 0.5) is 0 Å². The monoisotopic (exact) mass is 896 g/mol. The number of rotatable bonds is 6. The molecule has 0 amide bonds. The van der Waals surface area contributed by atoms with Crippen molar-refractivity contribution in [2.45, 2.75) is 144 Å². The summed E-state index contributed by atoms with van der Waals surface area (Å²) < 4.78 is 26.4. The van der Waals surface area contributed by atoms with Gasteiger partial charge in [0.15, 0.2) is 11.2 Å². The standard InChI is InChI=1S/2C26H28N2O5/c1-6-15-16-10-14(33-25(3,4)5)8-9-20(16)27-22-17(15)12-28-21(22)11-19-18(23(28)29)13-32-24(30)26(19,31)7-2;1-6-15-16-10-14(29)8-9-20(16)27-22-17(15)12-28-21(22)11-19-18(23(28)30)13-32-24(31)26(19,7-2)33-25(3,4)5/h8-11,31H,6-7,12-13H2,1-5H3;8-11,29H,6-7,12-13H2,1-5H3/t2*26-/m00/s1. The average molecular weight is 897 g/mol. The zero-order chi connectivity index (χ0) is 47.4. The quantitative estimate of drug-likeness (QED) is 0.154. The van der Waals surface area contributed by atoms with Crippen molar-refractivity contribution >= 4 is 33.7 Å². The summed E-state index contributed by atoms with van der Waals surface area (Å²) in [6, 6.07) is 14.7. The number of ether oxygens (including phenoxy) is 4. The number of fused-ring (bicyclic) bond motifs is 10. The second-order valence-corrected chi connectivity index (χ2v) is 19.5. The molecule has 4 aromatic heterocycles. The van der Waals surface area contributed by atoms with Gasteiger partial charge in [-0.25, -0.2) is 19.6 Å². The maximum Gasteiger partial charge on any atom is 0.343 e. The van der Waals surface area contributed by atoms with E-state index in [9.17, 15) is 29.4 Å². The number of phenolic OH excluding ortho intramolecular Hbond substituents is 1. The molecule has 0 bridgehead atoms. The highest BCUT2D eigenvalue weighted by Crippen LogP contribution is 2.45. The molecule has 0 saturated carbocycles. The van der Waals surface area contributed by atoms with E-state index in [1.54, 1.807) is 40.3 Å². The summed E-state index contributed by atoms with van der Waals surface area (Å²) in [5.41, 5.74) is 5.65. The molecule has 0 fully saturated rings. The molecule has 0 saturated heterocycles. The Bertz CT molecular complexity index is 3190. The Morgan fingerprint density at radius 1 is 0.652 bits per heavy atom. The number of hydrogen-bond donors (Lipinski definition) is 2. The molecule has 2 atom stereocenters. The van der Waals surface area contributed by atoms with Gasteiger partial charge < -0.3 is 38.3 Å². The number of esters is 2. The Morgan fingerprint density at radius 2 is 1.17 bits per heavy atom. The van der Waals surface area contributed by atoms with Crippen molar-refractivity contribution in [3.63, 3.8) is 0 Å². The van der Waals surface area contributed by atoms with Crippen LogP contribution in [-0.4, -0.2) is 52.5 Å². The summed E-state index contributed by atoms with van der Waals surface area (Å²) in [6.07, 6.45) is 1.97. The fourth-order valence-electron chi connectivity index (χ4n) is 10.2. The van der Waals surface area contributed by atoms with E-state index in [1.165, 1.54) is 0 Å². The molecule has 0 aliphatic carbocycles. The van der Waals surface area contributed by atoms with E-state index < -0.39 is 28.7 Å². The molecular weight excluding hydrogens is 841 g/mol. The van der Waals surface area contributed by atoms with Gasteiger partial charge in [0.25, 0.3) is 11.1 Å². The Hall–Kier alpha value is -6.38. The predicted molar refractivity (Wildman–Crippen MR) is 248 cm³/mol. The number of cyclic esters (lactones) is 2. The second-order valence-electron chi connectivity index (χ2n) is 19.5. The maximum absolute atomic E-state index is 13.6. The minimum atomic E-state index is -1.82. The van der Waals surface area contributed by atoms with Gasteiger partial charge in [0, 0.05) is 33.0 Å². The highest BCUT2D eigenvalue weighted by molar-refractivity contribution is 5.91. The average Bonchev–Trinajstić information content (AvgIpc) is 3.82. The zero-order valence-electron chi connectivity index (χ0n) is 39.2. The lowest BCUT2D eigenvalue weighted by atomic mass is 9.84. The first-order chi connectivity index (χ1) is 31.2. The lowest BCUT2D eigenvalue weighted by Gasteiger charge is -2.40. The third-order valence-electron chi connectivity index (χ3n) is 13.1. The van der Waals surface area contributed by atoms with E-state index in [1.807, 2.05) is 72.7 Å². The van der Waals surface area contributed by atoms with Crippen molar-refractivity contribution in [2.75, 3.05) is 0 Å². The lowest BCUT2D eigenvalue weighted by Crippen LogP contribution is -2.49. The molecule has 6 aromatic rings. The zero-order valence-corrected chi connectivity index (χ0v) is 39.2. The molecule has 0 spiro atoms. The fraction of sp³-hybridized carbons (Fsp3) is 0.423. The largest absolute Gasteiger partial charge is 0.508 e. The van der Waals surface area contributed by atoms with Gasteiger partial charge in [0.1, 0.15) is 30.3 Å². The number of aryl methyl sites for hydroxylation is 2. The SMILES string of the molecule is CCc1c2c(nc3ccc(O)cc13)-c1cc3c(c(=O)n1C2)COC(=O)[C@@]3(CC)OC(C)(C)C.CCc1c2c(nc3ccc(OC(C)(C)C)cc13)-c1cc3c(c(=O)n1C2)COC(=O)[C@]3(O)CC. The van der Waals surface area contributed by atoms with Crippen LogP contribution in [0.2, 0.25) is 0 Å². The molecule has 0 unspecified atom stereocenters. The maximum atomic E-state index is 13.6. The van der Waals surface area contributed by atoms with E-state index in [0.717, 1.165) is 74.0 Å². The van der Waals surface area contributed by atoms with Crippen LogP contribution in [0.1, 0.15) is 127 Å². The van der Waals surface area contributed by atoms with Gasteiger partial charge in [-0.15, -0.1) is 0 Å². The van der Waals surface area contributed by atoms with Gasteiger partial charge in [0.05, 0.1) is 63.6 Å². The van der Waals surface area contributed by atoms with Gasteiger partial charge in [0.2, 0.25) is 0 Å². The van der Waals surface area contributed by atoms with Crippen LogP contribution in [-0.2, 0) is 74.1 Å². The molecule has 14 nitrogen and oxygen atoms in total. The number of phenols is 1. The van der Waals surface area contributed by atoms with Crippen LogP contribution in [0, 0.1) is 0 Å². The first-order valence-corrected chi connectivity index (χ1v) is 22.8. The summed E-state index contributed by atoms with van der Waals surface area (Å²) in [7, 11) is 0. The Morgan fingerprint density at radius 3 is 1.68 bits per heavy atom. The number of carbonyl (C=O) groups excluding carboxylic acids is 2. The van der Waals surface area contributed by atoms with Gasteiger partial charge in [-0.05, 0) is 127 Å². The number of nitrogens with zero attached hydrogens (tertiary/aromatic N) is 4. The van der Waals surface area contributed by atoms with Crippen LogP contribution in [0.25, 0.3) is 44.6 Å². The molecule has 4 aliphatic rings. The molecular formula is C52H56N4O10. The molecule has 2 aromatic carbocycles. The summed E-state index contributed by atoms with van der Waals surface area (Å²) in [5, 5.41) is 23.0. The van der Waals surface area contributed by atoms with Crippen molar-refractivity contribution < 1.29 is 38.7 Å². The van der Waals surface area contributed by atoms with Crippen LogP contribution in [0.15, 0.2) is 58.1 Å². The fourth-order valence-corrected chi connectivity index (χ4v) is 10.2. The van der Waals surface area contributed by atoms with E-state index in [0.29, 0.717) is 53.2 Å². The minimum Gasteiger partial charge on any atom is -0.508 e. The first kappa shape index (κ1) is 44.8. The molecule has 0 radical (unpaired) electrons. The van der Waals surface area contributed by atoms with E-state index >= 15 is 0 Å². The van der Waals surface area contributed by atoms with Gasteiger partial charge in [-0.2, -0.15) is 0 Å². The number of carbonyl (C=O) groups is 2. The topological polar surface area (TPSA) is 181 Å². The molecule has 2 N–H and O–H groups in total. The van der Waals surface area contributed by atoms with Crippen molar-refractivity contribution in [3.05, 3.63) is 114 Å². The van der Waals surface area contributed by atoms with Crippen molar-refractivity contribution in [1.82, 2.24) is 19.1 Å². The number of aromatic hydroxyl groups is 1. The van der Waals surface area contributed by atoms with Crippen LogP contribution in [0.3, 0.4) is 0 Å². The Balaban J connectivity index is 0.000000166. The van der Waals surface area contributed by atoms with Gasteiger partial charge in [-0.1, -0.05) is 27.7 Å². The van der Waals surface area contributed by atoms with Gasteiger partial charge in [-0.3, -0.25) is 9.59 Å². The summed E-state index contributed by atoms with van der Waals surface area (Å²) in [6.45, 7) is 20.0. The van der Waals surface area contributed by atoms with E-state index in [-0.39, 0.29) is 42.1 Å². The number of benzene rings is 2. The third-order valence-corrected chi connectivity index (χ3v) is 13.1. The minimum absolute atomic E-state index is 0.0667. The van der Waals surface area contributed by atoms with Gasteiger partial charge >= 0.3 is 11.9 Å². The number of aliphatic hydroxyl groups is 1. The highest BCUT2D eigenvalue weighted by Gasteiger charge is 2.50. The first-order valence-electron chi connectivity index (χ1n) is 22.8. The normalized spacial score (nSPS) is 19.2.